The lowest BCUT2D eigenvalue weighted by molar-refractivity contribution is -0.137. The topological polar surface area (TPSA) is 175 Å². The van der Waals surface area contributed by atoms with E-state index in [2.05, 4.69) is 20.7 Å². The molecule has 2 heterocycles. The van der Waals surface area contributed by atoms with Gasteiger partial charge in [-0.3, -0.25) is 14.4 Å². The number of aromatic nitrogens is 4. The first kappa shape index (κ1) is 27.9. The van der Waals surface area contributed by atoms with Crippen molar-refractivity contribution in [1.29, 1.82) is 0 Å². The van der Waals surface area contributed by atoms with Gasteiger partial charge >= 0.3 is 5.97 Å². The lowest BCUT2D eigenvalue weighted by Crippen LogP contribution is -2.55. The number of hydrogen-bond donors (Lipinski definition) is 3. The second-order valence-corrected chi connectivity index (χ2v) is 10.0. The average Bonchev–Trinajstić information content (AvgIpc) is 3.53. The monoisotopic (exact) mass is 583 g/mol. The summed E-state index contributed by atoms with van der Waals surface area (Å²) in [7, 11) is 2.81. The van der Waals surface area contributed by atoms with Gasteiger partial charge in [0.05, 0.1) is 26.5 Å². The normalized spacial score (nSPS) is 19.5. The van der Waals surface area contributed by atoms with Crippen molar-refractivity contribution in [2.75, 3.05) is 19.5 Å². The van der Waals surface area contributed by atoms with E-state index in [0.717, 1.165) is 0 Å². The highest BCUT2D eigenvalue weighted by Crippen LogP contribution is 2.53. The standard InChI is InChI=1S/C27H26ClN5O8/c1-13-9-15(11-20(35)27(13)25(38)22-18(39-2)12-19(40-3)23(28)24(22)41-27)29-16-10-14(6-7-17(16)34)26-30-32-33(31-26)8-4-5-21(36)37/h6-7,10-13,29,34H,4-5,8-9H2,1-3H3,(H,36,37). The molecule has 1 aromatic heterocycles. The molecule has 2 unspecified atom stereocenters. The number of methoxy groups -OCH3 is 2. The number of allylic oxidation sites excluding steroid dienone is 1. The summed E-state index contributed by atoms with van der Waals surface area (Å²) in [5.74, 6) is -2.02. The number of aliphatic carboxylic acids is 1. The summed E-state index contributed by atoms with van der Waals surface area (Å²) in [6.07, 6.45) is 1.84. The summed E-state index contributed by atoms with van der Waals surface area (Å²) in [5, 5.41) is 34.7. The number of anilines is 1. The van der Waals surface area contributed by atoms with Crippen molar-refractivity contribution < 1.29 is 38.8 Å². The van der Waals surface area contributed by atoms with Crippen LogP contribution < -0.4 is 19.5 Å². The molecular formula is C27H26ClN5O8. The molecule has 1 aliphatic heterocycles. The van der Waals surface area contributed by atoms with Gasteiger partial charge in [0.2, 0.25) is 23.0 Å². The number of aryl methyl sites for hydroxylation is 1. The first-order valence-corrected chi connectivity index (χ1v) is 13.0. The molecule has 41 heavy (non-hydrogen) atoms. The third-order valence-corrected chi connectivity index (χ3v) is 7.42. The number of Topliss-reactive ketones (excluding diaryl/α,β-unsaturated/α-hetero) is 1. The van der Waals surface area contributed by atoms with Gasteiger partial charge in [0.15, 0.2) is 5.75 Å². The van der Waals surface area contributed by atoms with Gasteiger partial charge in [0.1, 0.15) is 27.8 Å². The zero-order chi connectivity index (χ0) is 29.5. The Labute approximate surface area is 238 Å². The maximum absolute atomic E-state index is 13.7. The number of ketones is 2. The molecule has 5 rings (SSSR count). The largest absolute Gasteiger partial charge is 0.506 e. The molecule has 2 aromatic carbocycles. The fraction of sp³-hybridized carbons (Fsp3) is 0.333. The van der Waals surface area contributed by atoms with Crippen LogP contribution in [0.2, 0.25) is 5.02 Å². The molecule has 2 aliphatic rings. The number of halogens is 1. The number of phenols is 1. The Morgan fingerprint density at radius 1 is 1.24 bits per heavy atom. The van der Waals surface area contributed by atoms with Crippen LogP contribution >= 0.6 is 11.6 Å². The molecule has 3 aromatic rings. The minimum atomic E-state index is -1.83. The van der Waals surface area contributed by atoms with E-state index < -0.39 is 29.1 Å². The second kappa shape index (κ2) is 10.7. The number of tetrazole rings is 1. The van der Waals surface area contributed by atoms with Crippen LogP contribution in [0.3, 0.4) is 0 Å². The van der Waals surface area contributed by atoms with Crippen LogP contribution in [0.5, 0.6) is 23.0 Å². The number of hydrogen-bond acceptors (Lipinski definition) is 11. The van der Waals surface area contributed by atoms with E-state index in [1.165, 1.54) is 37.2 Å². The molecule has 2 atom stereocenters. The molecular weight excluding hydrogens is 558 g/mol. The van der Waals surface area contributed by atoms with Crippen molar-refractivity contribution in [3.63, 3.8) is 0 Å². The highest BCUT2D eigenvalue weighted by atomic mass is 35.5. The third-order valence-electron chi connectivity index (χ3n) is 7.06. The maximum Gasteiger partial charge on any atom is 0.303 e. The quantitative estimate of drug-likeness (QED) is 0.247. The van der Waals surface area contributed by atoms with Crippen molar-refractivity contribution in [2.45, 2.75) is 38.3 Å². The van der Waals surface area contributed by atoms with Gasteiger partial charge in [-0.25, -0.2) is 0 Å². The Hall–Kier alpha value is -4.65. The van der Waals surface area contributed by atoms with Crippen LogP contribution in [0.4, 0.5) is 5.69 Å². The van der Waals surface area contributed by atoms with E-state index in [1.54, 1.807) is 19.1 Å². The summed E-state index contributed by atoms with van der Waals surface area (Å²) >= 11 is 6.44. The predicted octanol–water partition coefficient (Wildman–Crippen LogP) is 3.50. The Bertz CT molecular complexity index is 1600. The molecule has 1 spiro atoms. The lowest BCUT2D eigenvalue weighted by Gasteiger charge is -2.35. The van der Waals surface area contributed by atoms with Gasteiger partial charge in [-0.05, 0) is 36.3 Å². The molecule has 13 nitrogen and oxygen atoms in total. The highest BCUT2D eigenvalue weighted by Gasteiger charge is 2.60. The minimum absolute atomic E-state index is 0.0187. The third kappa shape index (κ3) is 4.82. The number of carboxylic acid groups (broad SMARTS) is 1. The Balaban J connectivity index is 1.39. The molecule has 214 valence electrons. The molecule has 3 N–H and O–H groups in total. The van der Waals surface area contributed by atoms with Gasteiger partial charge in [-0.2, -0.15) is 4.80 Å². The first-order chi connectivity index (χ1) is 19.6. The van der Waals surface area contributed by atoms with Crippen LogP contribution in [0.25, 0.3) is 11.4 Å². The molecule has 0 radical (unpaired) electrons. The number of nitrogens with zero attached hydrogens (tertiary/aromatic N) is 4. The summed E-state index contributed by atoms with van der Waals surface area (Å²) in [4.78, 5) is 39.3. The van der Waals surface area contributed by atoms with Gasteiger partial charge in [-0.15, -0.1) is 10.2 Å². The van der Waals surface area contributed by atoms with E-state index in [9.17, 15) is 19.5 Å². The fourth-order valence-corrected chi connectivity index (χ4v) is 5.25. The van der Waals surface area contributed by atoms with Crippen LogP contribution in [-0.4, -0.2) is 67.8 Å². The number of carboxylic acids is 1. The zero-order valence-electron chi connectivity index (χ0n) is 22.3. The number of benzene rings is 2. The number of carbonyl (C=O) groups excluding carboxylic acids is 2. The SMILES string of the molecule is COc1cc(OC)c2c(c1Cl)OC1(C(=O)C=C(Nc3cc(-c4nnn(CCCC(=O)O)n4)ccc3O)CC1C)C2=O. The van der Waals surface area contributed by atoms with Gasteiger partial charge < -0.3 is 29.7 Å². The van der Waals surface area contributed by atoms with E-state index >= 15 is 0 Å². The number of fused-ring (bicyclic) bond motifs is 1. The summed E-state index contributed by atoms with van der Waals surface area (Å²) in [5.41, 5.74) is -0.485. The second-order valence-electron chi connectivity index (χ2n) is 9.67. The van der Waals surface area contributed by atoms with Crippen molar-refractivity contribution in [1.82, 2.24) is 20.2 Å². The van der Waals surface area contributed by atoms with Gasteiger partial charge in [0.25, 0.3) is 0 Å². The maximum atomic E-state index is 13.7. The molecule has 0 saturated carbocycles. The smallest absolute Gasteiger partial charge is 0.303 e. The number of ether oxygens (including phenoxy) is 3. The Morgan fingerprint density at radius 3 is 2.68 bits per heavy atom. The van der Waals surface area contributed by atoms with E-state index in [-0.39, 0.29) is 64.5 Å². The van der Waals surface area contributed by atoms with Crippen LogP contribution in [0.1, 0.15) is 36.5 Å². The fourth-order valence-electron chi connectivity index (χ4n) is 4.99. The van der Waals surface area contributed by atoms with Crippen LogP contribution in [-0.2, 0) is 16.1 Å². The van der Waals surface area contributed by atoms with Crippen LogP contribution in [0, 0.1) is 5.92 Å². The molecule has 0 amide bonds. The predicted molar refractivity (Wildman–Crippen MR) is 145 cm³/mol. The number of carbonyl (C=O) groups is 3. The van der Waals surface area contributed by atoms with Crippen molar-refractivity contribution in [3.05, 3.63) is 46.6 Å². The Morgan fingerprint density at radius 2 is 2.00 bits per heavy atom. The number of aromatic hydroxyl groups is 1. The average molecular weight is 584 g/mol. The van der Waals surface area contributed by atoms with Crippen molar-refractivity contribution in [2.24, 2.45) is 5.92 Å². The number of rotatable bonds is 9. The molecule has 14 heteroatoms. The van der Waals surface area contributed by atoms with Crippen molar-refractivity contribution in [3.8, 4) is 34.4 Å². The molecule has 0 bridgehead atoms. The van der Waals surface area contributed by atoms with E-state index in [0.29, 0.717) is 17.7 Å². The van der Waals surface area contributed by atoms with Crippen LogP contribution in [0.15, 0.2) is 36.0 Å². The minimum Gasteiger partial charge on any atom is -0.506 e. The first-order valence-electron chi connectivity index (χ1n) is 12.6. The Kier molecular flexibility index (Phi) is 7.30. The van der Waals surface area contributed by atoms with Crippen molar-refractivity contribution >= 4 is 34.8 Å². The molecule has 0 fully saturated rings. The highest BCUT2D eigenvalue weighted by molar-refractivity contribution is 6.36. The summed E-state index contributed by atoms with van der Waals surface area (Å²) in [6.45, 7) is 2.00. The number of nitrogens with one attached hydrogen (secondary N) is 1. The van der Waals surface area contributed by atoms with Gasteiger partial charge in [-0.1, -0.05) is 18.5 Å². The van der Waals surface area contributed by atoms with E-state index in [4.69, 9.17) is 30.9 Å². The van der Waals surface area contributed by atoms with Gasteiger partial charge in [0, 0.05) is 35.7 Å². The molecule has 1 aliphatic carbocycles. The summed E-state index contributed by atoms with van der Waals surface area (Å²) in [6, 6.07) is 6.12. The lowest BCUT2D eigenvalue weighted by atomic mass is 9.74. The number of phenolic OH excluding ortho intramolecular Hbond substituents is 1. The van der Waals surface area contributed by atoms with E-state index in [1.807, 2.05) is 0 Å². The zero-order valence-corrected chi connectivity index (χ0v) is 23.1. The summed E-state index contributed by atoms with van der Waals surface area (Å²) < 4.78 is 16.7. The molecule has 0 saturated heterocycles.